The van der Waals surface area contributed by atoms with E-state index in [9.17, 15) is 4.79 Å². The maximum Gasteiger partial charge on any atom is 0.225 e. The molecule has 1 heterocycles. The van der Waals surface area contributed by atoms with E-state index < -0.39 is 0 Å². The first kappa shape index (κ1) is 22.4. The molecule has 9 heteroatoms. The summed E-state index contributed by atoms with van der Waals surface area (Å²) in [5.74, 6) is 1.98. The van der Waals surface area contributed by atoms with Crippen molar-refractivity contribution in [3.05, 3.63) is 35.7 Å². The number of anilines is 1. The Kier molecular flexibility index (Phi) is 7.32. The fourth-order valence-corrected chi connectivity index (χ4v) is 3.90. The predicted molar refractivity (Wildman–Crippen MR) is 121 cm³/mol. The molecular weight excluding hydrogens is 418 g/mol. The number of carbonyl (C=O) groups excluding carboxylic acids is 1. The lowest BCUT2D eigenvalue weighted by molar-refractivity contribution is -0.116. The Bertz CT molecular complexity index is 1040. The van der Waals surface area contributed by atoms with Gasteiger partial charge in [0.05, 0.1) is 39.8 Å². The lowest BCUT2D eigenvalue weighted by Gasteiger charge is -2.15. The zero-order valence-corrected chi connectivity index (χ0v) is 18.7. The van der Waals surface area contributed by atoms with Gasteiger partial charge in [-0.05, 0) is 41.4 Å². The topological polar surface area (TPSA) is 105 Å². The zero-order valence-electron chi connectivity index (χ0n) is 17.9. The van der Waals surface area contributed by atoms with Crippen molar-refractivity contribution in [3.63, 3.8) is 0 Å². The molecule has 0 aliphatic carbocycles. The van der Waals surface area contributed by atoms with E-state index in [0.717, 1.165) is 22.4 Å². The molecule has 2 aromatic carbocycles. The highest BCUT2D eigenvalue weighted by Gasteiger charge is 2.19. The van der Waals surface area contributed by atoms with Crippen LogP contribution in [0.2, 0.25) is 0 Å². The average molecular weight is 444 g/mol. The molecule has 0 saturated heterocycles. The van der Waals surface area contributed by atoms with Crippen molar-refractivity contribution in [1.29, 1.82) is 0 Å². The number of rotatable bonds is 9. The fourth-order valence-electron chi connectivity index (χ4n) is 3.18. The fraction of sp³-hybridized carbons (Fsp3) is 0.273. The first-order valence-corrected chi connectivity index (χ1v) is 10.3. The molecule has 1 amide bonds. The van der Waals surface area contributed by atoms with E-state index in [4.69, 9.17) is 24.7 Å². The Labute approximate surface area is 185 Å². The second kappa shape index (κ2) is 10.1. The summed E-state index contributed by atoms with van der Waals surface area (Å²) in [6, 6.07) is 9.30. The molecule has 0 atom stereocenters. The van der Waals surface area contributed by atoms with E-state index in [1.165, 1.54) is 11.5 Å². The number of aromatic nitrogens is 1. The Balaban J connectivity index is 2.07. The highest BCUT2D eigenvalue weighted by molar-refractivity contribution is 7.04. The first-order chi connectivity index (χ1) is 15.1. The molecule has 1 aromatic heterocycles. The molecule has 3 rings (SSSR count). The smallest absolute Gasteiger partial charge is 0.225 e. The monoisotopic (exact) mass is 443 g/mol. The van der Waals surface area contributed by atoms with Gasteiger partial charge in [-0.1, -0.05) is 6.07 Å². The van der Waals surface area contributed by atoms with Gasteiger partial charge in [0.1, 0.15) is 5.75 Å². The minimum atomic E-state index is -0.175. The van der Waals surface area contributed by atoms with Crippen molar-refractivity contribution in [2.24, 2.45) is 5.73 Å². The predicted octanol–water partition coefficient (Wildman–Crippen LogP) is 3.80. The van der Waals surface area contributed by atoms with Crippen molar-refractivity contribution in [2.45, 2.75) is 6.42 Å². The van der Waals surface area contributed by atoms with Gasteiger partial charge >= 0.3 is 0 Å². The molecule has 0 saturated carbocycles. The summed E-state index contributed by atoms with van der Waals surface area (Å²) in [5.41, 5.74) is 9.40. The van der Waals surface area contributed by atoms with Crippen LogP contribution in [0.3, 0.4) is 0 Å². The molecule has 31 heavy (non-hydrogen) atoms. The van der Waals surface area contributed by atoms with Crippen LogP contribution in [-0.2, 0) is 4.79 Å². The molecule has 8 nitrogen and oxygen atoms in total. The minimum Gasteiger partial charge on any atom is -0.495 e. The molecule has 0 aliphatic heterocycles. The number of carbonyl (C=O) groups is 1. The summed E-state index contributed by atoms with van der Waals surface area (Å²) in [6.45, 7) is 0.271. The number of nitrogens with two attached hydrogens (primary N) is 1. The summed E-state index contributed by atoms with van der Waals surface area (Å²) in [7, 11) is 6.26. The van der Waals surface area contributed by atoms with Gasteiger partial charge in [-0.15, -0.1) is 0 Å². The van der Waals surface area contributed by atoms with Gasteiger partial charge in [-0.2, -0.15) is 4.37 Å². The van der Waals surface area contributed by atoms with Crippen LogP contribution in [0.25, 0.3) is 22.4 Å². The van der Waals surface area contributed by atoms with Crippen molar-refractivity contribution in [3.8, 4) is 45.4 Å². The van der Waals surface area contributed by atoms with E-state index in [0.29, 0.717) is 28.7 Å². The molecule has 0 aliphatic rings. The van der Waals surface area contributed by atoms with Crippen molar-refractivity contribution in [1.82, 2.24) is 4.37 Å². The van der Waals surface area contributed by atoms with Crippen LogP contribution >= 0.6 is 11.5 Å². The second-order valence-electron chi connectivity index (χ2n) is 6.49. The molecule has 0 spiro atoms. The maximum atomic E-state index is 12.1. The molecule has 3 N–H and O–H groups in total. The number of ether oxygens (including phenoxy) is 4. The largest absolute Gasteiger partial charge is 0.495 e. The van der Waals surface area contributed by atoms with Gasteiger partial charge in [0, 0.05) is 29.5 Å². The molecule has 3 aromatic rings. The van der Waals surface area contributed by atoms with Crippen LogP contribution in [0.15, 0.2) is 35.7 Å². The Morgan fingerprint density at radius 1 is 0.968 bits per heavy atom. The van der Waals surface area contributed by atoms with Crippen LogP contribution in [0, 0.1) is 0 Å². The van der Waals surface area contributed by atoms with Crippen LogP contribution in [0.4, 0.5) is 5.69 Å². The summed E-state index contributed by atoms with van der Waals surface area (Å²) in [6.07, 6.45) is 0.226. The van der Waals surface area contributed by atoms with E-state index in [1.807, 2.05) is 35.7 Å². The van der Waals surface area contributed by atoms with E-state index >= 15 is 0 Å². The molecule has 0 bridgehead atoms. The Hall–Kier alpha value is -3.30. The van der Waals surface area contributed by atoms with Crippen LogP contribution in [0.5, 0.6) is 23.0 Å². The van der Waals surface area contributed by atoms with Crippen LogP contribution in [0.1, 0.15) is 6.42 Å². The molecule has 0 fully saturated rings. The van der Waals surface area contributed by atoms with Gasteiger partial charge < -0.3 is 30.0 Å². The third-order valence-electron chi connectivity index (χ3n) is 4.66. The van der Waals surface area contributed by atoms with Gasteiger partial charge in [0.25, 0.3) is 0 Å². The number of nitrogens with zero attached hydrogens (tertiary/aromatic N) is 1. The minimum absolute atomic E-state index is 0.175. The van der Waals surface area contributed by atoms with E-state index in [2.05, 4.69) is 9.69 Å². The number of hydrogen-bond donors (Lipinski definition) is 2. The maximum absolute atomic E-state index is 12.1. The molecule has 0 unspecified atom stereocenters. The van der Waals surface area contributed by atoms with Crippen molar-refractivity contribution < 1.29 is 23.7 Å². The van der Waals surface area contributed by atoms with E-state index in [1.54, 1.807) is 28.4 Å². The number of amides is 1. The zero-order chi connectivity index (χ0) is 22.4. The van der Waals surface area contributed by atoms with Gasteiger partial charge in [-0.3, -0.25) is 4.79 Å². The summed E-state index contributed by atoms with van der Waals surface area (Å²) >= 11 is 1.33. The van der Waals surface area contributed by atoms with Crippen molar-refractivity contribution >= 4 is 23.1 Å². The number of hydrogen-bond acceptors (Lipinski definition) is 8. The number of methoxy groups -OCH3 is 4. The van der Waals surface area contributed by atoms with Gasteiger partial charge in [0.15, 0.2) is 11.5 Å². The molecule has 164 valence electrons. The lowest BCUT2D eigenvalue weighted by Crippen LogP contribution is -2.16. The SMILES string of the molecule is COc1ccc(-c2csnc2-c2cc(OC)c(OC)c(OC)c2)cc1NC(=O)CCN. The van der Waals surface area contributed by atoms with Gasteiger partial charge in [0.2, 0.25) is 11.7 Å². The number of benzene rings is 2. The highest BCUT2D eigenvalue weighted by atomic mass is 32.1. The third kappa shape index (κ3) is 4.73. The molecule has 0 radical (unpaired) electrons. The normalized spacial score (nSPS) is 10.5. The quantitative estimate of drug-likeness (QED) is 0.518. The highest BCUT2D eigenvalue weighted by Crippen LogP contribution is 2.44. The van der Waals surface area contributed by atoms with Gasteiger partial charge in [-0.25, -0.2) is 0 Å². The van der Waals surface area contributed by atoms with Crippen molar-refractivity contribution in [2.75, 3.05) is 40.3 Å². The summed E-state index contributed by atoms with van der Waals surface area (Å²) in [4.78, 5) is 12.1. The van der Waals surface area contributed by atoms with Crippen LogP contribution < -0.4 is 30.0 Å². The second-order valence-corrected chi connectivity index (χ2v) is 7.12. The summed E-state index contributed by atoms with van der Waals surface area (Å²) in [5, 5.41) is 4.81. The number of nitrogens with one attached hydrogen (secondary N) is 1. The first-order valence-electron chi connectivity index (χ1n) is 9.49. The standard InChI is InChI=1S/C22H25N3O5S/c1-27-17-6-5-13(9-16(17)24-20(26)7-8-23)15-12-31-25-21(15)14-10-18(28-2)22(30-4)19(11-14)29-3/h5-6,9-12H,7-8,23H2,1-4H3,(H,24,26). The summed E-state index contributed by atoms with van der Waals surface area (Å²) < 4.78 is 26.3. The Morgan fingerprint density at radius 3 is 2.23 bits per heavy atom. The lowest BCUT2D eigenvalue weighted by atomic mass is 10.0. The average Bonchev–Trinajstić information content (AvgIpc) is 3.28. The van der Waals surface area contributed by atoms with Crippen LogP contribution in [-0.4, -0.2) is 45.3 Å². The Morgan fingerprint density at radius 2 is 1.65 bits per heavy atom. The molecular formula is C22H25N3O5S. The third-order valence-corrected chi connectivity index (χ3v) is 5.29. The van der Waals surface area contributed by atoms with E-state index in [-0.39, 0.29) is 18.9 Å².